The van der Waals surface area contributed by atoms with Crippen LogP contribution in [-0.4, -0.2) is 11.1 Å². The number of hydrogen-bond donors (Lipinski definition) is 1. The van der Waals surface area contributed by atoms with Crippen molar-refractivity contribution >= 4 is 17.7 Å². The number of rotatable bonds is 4. The molecular weight excluding hydrogens is 263 g/mol. The van der Waals surface area contributed by atoms with Gasteiger partial charge in [-0.2, -0.15) is 0 Å². The molecule has 98 valence electrons. The van der Waals surface area contributed by atoms with Gasteiger partial charge in [0.1, 0.15) is 5.82 Å². The Kier molecular flexibility index (Phi) is 4.22. The Morgan fingerprint density at radius 1 is 1.26 bits per heavy atom. The molecule has 0 aliphatic rings. The zero-order valence-electron chi connectivity index (χ0n) is 10.4. The maximum absolute atomic E-state index is 13.5. The lowest BCUT2D eigenvalue weighted by molar-refractivity contribution is 0.0696. The SMILES string of the molecule is Cc1ccc(C(=O)O)cc1SCc1ccccc1F. The molecule has 0 amide bonds. The Morgan fingerprint density at radius 3 is 2.68 bits per heavy atom. The quantitative estimate of drug-likeness (QED) is 0.853. The molecule has 0 bridgehead atoms. The van der Waals surface area contributed by atoms with E-state index in [9.17, 15) is 9.18 Å². The molecule has 2 aromatic carbocycles. The van der Waals surface area contributed by atoms with Gasteiger partial charge in [-0.15, -0.1) is 11.8 Å². The van der Waals surface area contributed by atoms with Crippen LogP contribution in [0.4, 0.5) is 4.39 Å². The Bertz CT molecular complexity index is 611. The molecule has 19 heavy (non-hydrogen) atoms. The molecule has 0 heterocycles. The first-order valence-corrected chi connectivity index (χ1v) is 6.76. The van der Waals surface area contributed by atoms with Crippen LogP contribution in [0.5, 0.6) is 0 Å². The minimum Gasteiger partial charge on any atom is -0.478 e. The third-order valence-electron chi connectivity index (χ3n) is 2.78. The van der Waals surface area contributed by atoms with E-state index in [1.54, 1.807) is 36.4 Å². The summed E-state index contributed by atoms with van der Waals surface area (Å²) in [6.07, 6.45) is 0. The van der Waals surface area contributed by atoms with Crippen LogP contribution in [0.2, 0.25) is 0 Å². The lowest BCUT2D eigenvalue weighted by atomic mass is 10.1. The van der Waals surface area contributed by atoms with Gasteiger partial charge in [0.2, 0.25) is 0 Å². The summed E-state index contributed by atoms with van der Waals surface area (Å²) in [5, 5.41) is 8.96. The van der Waals surface area contributed by atoms with Gasteiger partial charge in [0.25, 0.3) is 0 Å². The van der Waals surface area contributed by atoms with E-state index < -0.39 is 5.97 Å². The lowest BCUT2D eigenvalue weighted by Gasteiger charge is -2.07. The number of benzene rings is 2. The molecule has 0 atom stereocenters. The second-order valence-electron chi connectivity index (χ2n) is 4.17. The molecule has 0 aromatic heterocycles. The highest BCUT2D eigenvalue weighted by molar-refractivity contribution is 7.98. The van der Waals surface area contributed by atoms with E-state index in [1.165, 1.54) is 17.8 Å². The van der Waals surface area contributed by atoms with Crippen LogP contribution < -0.4 is 0 Å². The highest BCUT2D eigenvalue weighted by Gasteiger charge is 2.08. The van der Waals surface area contributed by atoms with E-state index in [1.807, 2.05) is 6.92 Å². The first-order valence-electron chi connectivity index (χ1n) is 5.78. The Hall–Kier alpha value is -1.81. The molecule has 1 N–H and O–H groups in total. The van der Waals surface area contributed by atoms with Crippen LogP contribution in [0.3, 0.4) is 0 Å². The van der Waals surface area contributed by atoms with Crippen LogP contribution in [0.1, 0.15) is 21.5 Å². The fraction of sp³-hybridized carbons (Fsp3) is 0.133. The molecule has 4 heteroatoms. The standard InChI is InChI=1S/C15H13FO2S/c1-10-6-7-11(15(17)18)8-14(10)19-9-12-4-2-3-5-13(12)16/h2-8H,9H2,1H3,(H,17,18). The maximum atomic E-state index is 13.5. The number of aryl methyl sites for hydroxylation is 1. The summed E-state index contributed by atoms with van der Waals surface area (Å²) < 4.78 is 13.5. The van der Waals surface area contributed by atoms with Crippen molar-refractivity contribution in [2.75, 3.05) is 0 Å². The summed E-state index contributed by atoms with van der Waals surface area (Å²) in [7, 11) is 0. The van der Waals surface area contributed by atoms with Crippen molar-refractivity contribution in [2.24, 2.45) is 0 Å². The van der Waals surface area contributed by atoms with Gasteiger partial charge < -0.3 is 5.11 Å². The predicted octanol–water partition coefficient (Wildman–Crippen LogP) is 4.12. The van der Waals surface area contributed by atoms with Crippen molar-refractivity contribution in [3.05, 3.63) is 65.0 Å². The molecule has 0 radical (unpaired) electrons. The van der Waals surface area contributed by atoms with Crippen molar-refractivity contribution in [2.45, 2.75) is 17.6 Å². The van der Waals surface area contributed by atoms with Crippen LogP contribution in [-0.2, 0) is 5.75 Å². The van der Waals surface area contributed by atoms with Gasteiger partial charge in [-0.1, -0.05) is 24.3 Å². The number of halogens is 1. The Morgan fingerprint density at radius 2 is 2.00 bits per heavy atom. The highest BCUT2D eigenvalue weighted by atomic mass is 32.2. The first kappa shape index (κ1) is 13.6. The second-order valence-corrected chi connectivity index (χ2v) is 5.18. The van der Waals surface area contributed by atoms with Gasteiger partial charge in [0, 0.05) is 10.6 Å². The van der Waals surface area contributed by atoms with E-state index in [0.29, 0.717) is 11.3 Å². The molecule has 0 saturated carbocycles. The fourth-order valence-electron chi connectivity index (χ4n) is 1.66. The van der Waals surface area contributed by atoms with Crippen molar-refractivity contribution in [1.29, 1.82) is 0 Å². The summed E-state index contributed by atoms with van der Waals surface area (Å²) in [6.45, 7) is 1.91. The predicted molar refractivity (Wildman–Crippen MR) is 74.1 cm³/mol. The number of carboxylic acids is 1. The fourth-order valence-corrected chi connectivity index (χ4v) is 2.71. The zero-order chi connectivity index (χ0) is 13.8. The molecule has 0 unspecified atom stereocenters. The largest absolute Gasteiger partial charge is 0.478 e. The number of thioether (sulfide) groups is 1. The molecule has 0 spiro atoms. The average molecular weight is 276 g/mol. The monoisotopic (exact) mass is 276 g/mol. The van der Waals surface area contributed by atoms with Crippen molar-refractivity contribution < 1.29 is 14.3 Å². The number of aromatic carboxylic acids is 1. The molecule has 0 fully saturated rings. The van der Waals surface area contributed by atoms with Gasteiger partial charge in [-0.25, -0.2) is 9.18 Å². The summed E-state index contributed by atoms with van der Waals surface area (Å²) in [6, 6.07) is 11.6. The third kappa shape index (κ3) is 3.35. The average Bonchev–Trinajstić information content (AvgIpc) is 2.39. The van der Waals surface area contributed by atoms with Crippen LogP contribution >= 0.6 is 11.8 Å². The maximum Gasteiger partial charge on any atom is 0.335 e. The summed E-state index contributed by atoms with van der Waals surface area (Å²) in [5.41, 5.74) is 1.86. The Labute approximate surface area is 115 Å². The van der Waals surface area contributed by atoms with E-state index >= 15 is 0 Å². The van der Waals surface area contributed by atoms with E-state index in [0.717, 1.165) is 10.5 Å². The number of hydrogen-bond acceptors (Lipinski definition) is 2. The Balaban J connectivity index is 2.17. The van der Waals surface area contributed by atoms with Gasteiger partial charge in [-0.3, -0.25) is 0 Å². The molecule has 2 rings (SSSR count). The zero-order valence-corrected chi connectivity index (χ0v) is 11.2. The van der Waals surface area contributed by atoms with Gasteiger partial charge in [0.05, 0.1) is 5.56 Å². The van der Waals surface area contributed by atoms with Crippen LogP contribution in [0.15, 0.2) is 47.4 Å². The van der Waals surface area contributed by atoms with Crippen LogP contribution in [0.25, 0.3) is 0 Å². The number of carboxylic acid groups (broad SMARTS) is 1. The lowest BCUT2D eigenvalue weighted by Crippen LogP contribution is -1.97. The summed E-state index contributed by atoms with van der Waals surface area (Å²) in [5.74, 6) is -0.703. The molecular formula is C15H13FO2S. The second kappa shape index (κ2) is 5.89. The number of carbonyl (C=O) groups is 1. The third-order valence-corrected chi connectivity index (χ3v) is 3.98. The van der Waals surface area contributed by atoms with E-state index in [2.05, 4.69) is 0 Å². The van der Waals surface area contributed by atoms with Crippen molar-refractivity contribution in [1.82, 2.24) is 0 Å². The van der Waals surface area contributed by atoms with E-state index in [4.69, 9.17) is 5.11 Å². The highest BCUT2D eigenvalue weighted by Crippen LogP contribution is 2.27. The topological polar surface area (TPSA) is 37.3 Å². The molecule has 2 nitrogen and oxygen atoms in total. The molecule has 0 saturated heterocycles. The van der Waals surface area contributed by atoms with Crippen molar-refractivity contribution in [3.8, 4) is 0 Å². The van der Waals surface area contributed by atoms with E-state index in [-0.39, 0.29) is 11.4 Å². The summed E-state index contributed by atoms with van der Waals surface area (Å²) in [4.78, 5) is 11.8. The molecule has 0 aliphatic heterocycles. The summed E-state index contributed by atoms with van der Waals surface area (Å²) >= 11 is 1.44. The molecule has 0 aliphatic carbocycles. The smallest absolute Gasteiger partial charge is 0.335 e. The normalized spacial score (nSPS) is 10.4. The minimum atomic E-state index is -0.951. The minimum absolute atomic E-state index is 0.234. The van der Waals surface area contributed by atoms with Gasteiger partial charge in [-0.05, 0) is 36.2 Å². The van der Waals surface area contributed by atoms with Gasteiger partial charge >= 0.3 is 5.97 Å². The van der Waals surface area contributed by atoms with Crippen LogP contribution in [0, 0.1) is 12.7 Å². The van der Waals surface area contributed by atoms with Crippen molar-refractivity contribution in [3.63, 3.8) is 0 Å². The molecule has 2 aromatic rings. The first-order chi connectivity index (χ1) is 9.08. The van der Waals surface area contributed by atoms with Gasteiger partial charge in [0.15, 0.2) is 0 Å².